The highest BCUT2D eigenvalue weighted by Crippen LogP contribution is 2.50. The lowest BCUT2D eigenvalue weighted by Crippen LogP contribution is -2.53. The Morgan fingerprint density at radius 2 is 1.42 bits per heavy atom. The molecule has 5 rings (SSSR count). The topological polar surface area (TPSA) is 54.5 Å². The van der Waals surface area contributed by atoms with E-state index >= 15 is 0 Å². The monoisotopic (exact) mass is 429 g/mol. The molecule has 2 aliphatic heterocycles. The van der Waals surface area contributed by atoms with Gasteiger partial charge in [-0.25, -0.2) is 8.42 Å². The standard InChI is InChI=1S/C26H23NO3S/c28-25-24(31(29,30)23-14-8-3-9-15-23)18-22-16-17-26(25,21-12-6-2-7-13-21)27(22)19-20-10-4-1-5-11-20/h1-15,18,22H,16-17,19H2. The number of hydrogen-bond donors (Lipinski definition) is 0. The van der Waals surface area contributed by atoms with Gasteiger partial charge >= 0.3 is 0 Å². The fourth-order valence-electron chi connectivity index (χ4n) is 4.94. The van der Waals surface area contributed by atoms with Gasteiger partial charge in [-0.05, 0) is 42.2 Å². The third-order valence-electron chi connectivity index (χ3n) is 6.43. The number of carbonyl (C=O) groups excluding carboxylic acids is 1. The highest BCUT2D eigenvalue weighted by Gasteiger charge is 2.57. The molecule has 0 aliphatic carbocycles. The first-order valence-electron chi connectivity index (χ1n) is 10.5. The van der Waals surface area contributed by atoms with Gasteiger partial charge in [0.15, 0.2) is 5.78 Å². The number of benzene rings is 3. The Morgan fingerprint density at radius 3 is 2.06 bits per heavy atom. The Morgan fingerprint density at radius 1 is 0.839 bits per heavy atom. The second-order valence-electron chi connectivity index (χ2n) is 8.12. The lowest BCUT2D eigenvalue weighted by molar-refractivity contribution is -0.127. The number of ketones is 1. The first kappa shape index (κ1) is 19.9. The summed E-state index contributed by atoms with van der Waals surface area (Å²) in [6.45, 7) is 0.585. The molecule has 2 bridgehead atoms. The van der Waals surface area contributed by atoms with Crippen molar-refractivity contribution in [1.29, 1.82) is 0 Å². The highest BCUT2D eigenvalue weighted by atomic mass is 32.2. The van der Waals surface area contributed by atoms with E-state index in [1.165, 1.54) is 0 Å². The molecule has 2 unspecified atom stereocenters. The van der Waals surface area contributed by atoms with Crippen molar-refractivity contribution in [2.75, 3.05) is 0 Å². The molecule has 2 aliphatic rings. The highest BCUT2D eigenvalue weighted by molar-refractivity contribution is 7.96. The summed E-state index contributed by atoms with van der Waals surface area (Å²) < 4.78 is 26.9. The number of hydrogen-bond acceptors (Lipinski definition) is 4. The fraction of sp³-hybridized carbons (Fsp3) is 0.192. The Kier molecular flexibility index (Phi) is 4.88. The summed E-state index contributed by atoms with van der Waals surface area (Å²) >= 11 is 0. The maximum atomic E-state index is 14.0. The fourth-order valence-corrected chi connectivity index (χ4v) is 6.46. The molecule has 2 heterocycles. The van der Waals surface area contributed by atoms with Gasteiger partial charge in [0.2, 0.25) is 9.84 Å². The van der Waals surface area contributed by atoms with Crippen molar-refractivity contribution in [1.82, 2.24) is 4.90 Å². The Hall–Kier alpha value is -3.02. The average molecular weight is 430 g/mol. The predicted molar refractivity (Wildman–Crippen MR) is 120 cm³/mol. The molecule has 0 N–H and O–H groups in total. The molecular formula is C26H23NO3S. The van der Waals surface area contributed by atoms with Crippen molar-refractivity contribution < 1.29 is 13.2 Å². The van der Waals surface area contributed by atoms with Crippen LogP contribution in [0.4, 0.5) is 0 Å². The minimum absolute atomic E-state index is 0.0747. The third kappa shape index (κ3) is 3.16. The number of nitrogens with zero attached hydrogens (tertiary/aromatic N) is 1. The van der Waals surface area contributed by atoms with Gasteiger partial charge in [0.1, 0.15) is 10.4 Å². The minimum atomic E-state index is -3.89. The van der Waals surface area contributed by atoms with E-state index in [2.05, 4.69) is 4.90 Å². The van der Waals surface area contributed by atoms with Crippen LogP contribution in [0.2, 0.25) is 0 Å². The van der Waals surface area contributed by atoms with E-state index in [9.17, 15) is 13.2 Å². The Balaban J connectivity index is 1.66. The third-order valence-corrected chi connectivity index (χ3v) is 8.22. The molecule has 2 atom stereocenters. The van der Waals surface area contributed by atoms with Crippen molar-refractivity contribution in [3.8, 4) is 0 Å². The Bertz CT molecular complexity index is 1240. The van der Waals surface area contributed by atoms with Crippen LogP contribution in [0.3, 0.4) is 0 Å². The van der Waals surface area contributed by atoms with Crippen LogP contribution in [0.15, 0.2) is 107 Å². The second kappa shape index (κ2) is 7.59. The summed E-state index contributed by atoms with van der Waals surface area (Å²) in [5, 5.41) is 0. The lowest BCUT2D eigenvalue weighted by atomic mass is 9.82. The van der Waals surface area contributed by atoms with E-state index in [-0.39, 0.29) is 21.6 Å². The molecule has 3 aromatic rings. The zero-order valence-electron chi connectivity index (χ0n) is 17.0. The molecule has 1 fully saturated rings. The summed E-state index contributed by atoms with van der Waals surface area (Å²) in [6.07, 6.45) is 3.01. The summed E-state index contributed by atoms with van der Waals surface area (Å²) in [5.74, 6) is -0.327. The maximum Gasteiger partial charge on any atom is 0.209 e. The molecule has 1 saturated heterocycles. The molecule has 0 saturated carbocycles. The SMILES string of the molecule is O=C1C(S(=O)(=O)c2ccccc2)=CC2CCC1(c1ccccc1)N2Cc1ccccc1. The minimum Gasteiger partial charge on any atom is -0.291 e. The zero-order valence-corrected chi connectivity index (χ0v) is 17.8. The van der Waals surface area contributed by atoms with Gasteiger partial charge in [-0.15, -0.1) is 0 Å². The molecule has 0 radical (unpaired) electrons. The van der Waals surface area contributed by atoms with Gasteiger partial charge in [0.25, 0.3) is 0 Å². The molecule has 0 spiro atoms. The van der Waals surface area contributed by atoms with Crippen molar-refractivity contribution >= 4 is 15.6 Å². The van der Waals surface area contributed by atoms with Crippen LogP contribution >= 0.6 is 0 Å². The van der Waals surface area contributed by atoms with E-state index in [0.717, 1.165) is 17.5 Å². The number of sulfone groups is 1. The van der Waals surface area contributed by atoms with Gasteiger partial charge in [-0.3, -0.25) is 9.69 Å². The van der Waals surface area contributed by atoms with E-state index in [1.54, 1.807) is 36.4 Å². The van der Waals surface area contributed by atoms with Crippen molar-refractivity contribution in [3.63, 3.8) is 0 Å². The molecule has 0 amide bonds. The van der Waals surface area contributed by atoms with E-state index in [1.807, 2.05) is 60.7 Å². The van der Waals surface area contributed by atoms with E-state index in [0.29, 0.717) is 13.0 Å². The van der Waals surface area contributed by atoms with Crippen LogP contribution in [0.25, 0.3) is 0 Å². The van der Waals surface area contributed by atoms with E-state index in [4.69, 9.17) is 0 Å². The maximum absolute atomic E-state index is 14.0. The zero-order chi connectivity index (χ0) is 21.5. The number of carbonyl (C=O) groups is 1. The molecule has 3 aromatic carbocycles. The molecule has 31 heavy (non-hydrogen) atoms. The molecule has 5 heteroatoms. The largest absolute Gasteiger partial charge is 0.291 e. The summed E-state index contributed by atoms with van der Waals surface area (Å²) in [7, 11) is -3.89. The van der Waals surface area contributed by atoms with Crippen molar-refractivity contribution in [3.05, 3.63) is 113 Å². The number of fused-ring (bicyclic) bond motifs is 2. The van der Waals surface area contributed by atoms with Crippen LogP contribution in [0.1, 0.15) is 24.0 Å². The quantitative estimate of drug-likeness (QED) is 0.600. The van der Waals surface area contributed by atoms with Gasteiger partial charge in [0.05, 0.1) is 4.90 Å². The van der Waals surface area contributed by atoms with Crippen molar-refractivity contribution in [2.24, 2.45) is 0 Å². The van der Waals surface area contributed by atoms with Gasteiger partial charge in [-0.2, -0.15) is 0 Å². The van der Waals surface area contributed by atoms with Gasteiger partial charge in [-0.1, -0.05) is 78.9 Å². The summed E-state index contributed by atoms with van der Waals surface area (Å²) in [5.41, 5.74) is 0.978. The lowest BCUT2D eigenvalue weighted by Gasteiger charge is -2.43. The second-order valence-corrected chi connectivity index (χ2v) is 10.0. The molecule has 0 aromatic heterocycles. The molecular weight excluding hydrogens is 406 g/mol. The molecule has 156 valence electrons. The van der Waals surface area contributed by atoms with Crippen molar-refractivity contribution in [2.45, 2.75) is 35.9 Å². The summed E-state index contributed by atoms with van der Waals surface area (Å²) in [6, 6.07) is 27.8. The molecule has 4 nitrogen and oxygen atoms in total. The van der Waals surface area contributed by atoms with Gasteiger partial charge < -0.3 is 0 Å². The Labute approximate surface area is 182 Å². The normalized spacial score (nSPS) is 23.5. The first-order valence-corrected chi connectivity index (χ1v) is 11.9. The van der Waals surface area contributed by atoms with Crippen LogP contribution in [0.5, 0.6) is 0 Å². The number of Topliss-reactive ketones (excluding diaryl/α,β-unsaturated/α-hetero) is 1. The van der Waals surface area contributed by atoms with E-state index < -0.39 is 15.4 Å². The first-order chi connectivity index (χ1) is 15.0. The smallest absolute Gasteiger partial charge is 0.209 e. The van der Waals surface area contributed by atoms with Crippen LogP contribution < -0.4 is 0 Å². The van der Waals surface area contributed by atoms with Crippen LogP contribution in [0, 0.1) is 0 Å². The van der Waals surface area contributed by atoms with Crippen LogP contribution in [-0.4, -0.2) is 25.1 Å². The van der Waals surface area contributed by atoms with Crippen LogP contribution in [-0.2, 0) is 26.7 Å². The number of rotatable bonds is 5. The average Bonchev–Trinajstić information content (AvgIpc) is 3.08. The van der Waals surface area contributed by atoms with Gasteiger partial charge in [0, 0.05) is 12.6 Å². The summed E-state index contributed by atoms with van der Waals surface area (Å²) in [4.78, 5) is 16.3. The predicted octanol–water partition coefficient (Wildman–Crippen LogP) is 4.49.